The summed E-state index contributed by atoms with van der Waals surface area (Å²) in [5.41, 5.74) is 1.65. The average Bonchev–Trinajstić information content (AvgIpc) is 3.03. The molecule has 8 heteroatoms. The molecule has 7 nitrogen and oxygen atoms in total. The molecular formula is C17H21N3O4S. The first-order valence-corrected chi connectivity index (χ1v) is 9.72. The monoisotopic (exact) mass is 363 g/mol. The zero-order valence-electron chi connectivity index (χ0n) is 14.3. The molecule has 0 unspecified atom stereocenters. The second-order valence-electron chi connectivity index (χ2n) is 5.52. The average molecular weight is 363 g/mol. The Labute approximate surface area is 147 Å². The van der Waals surface area contributed by atoms with Gasteiger partial charge in [0.25, 0.3) is 5.91 Å². The number of aromatic amines is 1. The third-order valence-electron chi connectivity index (χ3n) is 3.26. The Morgan fingerprint density at radius 3 is 2.80 bits per heavy atom. The topological polar surface area (TPSA) is 101 Å². The molecule has 0 bridgehead atoms. The second kappa shape index (κ2) is 7.98. The van der Waals surface area contributed by atoms with Gasteiger partial charge in [0.2, 0.25) is 0 Å². The molecule has 1 aromatic carbocycles. The summed E-state index contributed by atoms with van der Waals surface area (Å²) in [6.07, 6.45) is 2.50. The molecule has 2 aromatic rings. The number of para-hydroxylation sites is 1. The van der Waals surface area contributed by atoms with Gasteiger partial charge in [-0.3, -0.25) is 9.89 Å². The van der Waals surface area contributed by atoms with Gasteiger partial charge in [0.15, 0.2) is 9.84 Å². The van der Waals surface area contributed by atoms with Crippen molar-refractivity contribution in [1.82, 2.24) is 15.5 Å². The number of hydrogen-bond acceptors (Lipinski definition) is 5. The number of nitrogens with zero attached hydrogens (tertiary/aromatic N) is 1. The highest BCUT2D eigenvalue weighted by molar-refractivity contribution is 7.93. The number of hydrogen-bond donors (Lipinski definition) is 2. The largest absolute Gasteiger partial charge is 0.493 e. The van der Waals surface area contributed by atoms with E-state index in [0.29, 0.717) is 18.1 Å². The molecule has 0 radical (unpaired) electrons. The van der Waals surface area contributed by atoms with Gasteiger partial charge in [-0.15, -0.1) is 0 Å². The minimum absolute atomic E-state index is 0.279. The van der Waals surface area contributed by atoms with Crippen LogP contribution in [0.4, 0.5) is 0 Å². The summed E-state index contributed by atoms with van der Waals surface area (Å²) in [7, 11) is -3.23. The van der Waals surface area contributed by atoms with Crippen LogP contribution < -0.4 is 10.1 Å². The van der Waals surface area contributed by atoms with Gasteiger partial charge in [0, 0.05) is 23.3 Å². The number of carbonyl (C=O) groups is 1. The molecule has 0 saturated heterocycles. The van der Waals surface area contributed by atoms with Gasteiger partial charge < -0.3 is 10.1 Å². The van der Waals surface area contributed by atoms with Crippen LogP contribution in [0.3, 0.4) is 0 Å². The van der Waals surface area contributed by atoms with E-state index in [1.54, 1.807) is 13.0 Å². The van der Waals surface area contributed by atoms with E-state index in [4.69, 9.17) is 4.74 Å². The van der Waals surface area contributed by atoms with Crippen LogP contribution in [0.1, 0.15) is 24.3 Å². The van der Waals surface area contributed by atoms with Gasteiger partial charge in [-0.25, -0.2) is 8.42 Å². The Bertz CT molecular complexity index is 872. The second-order valence-corrected chi connectivity index (χ2v) is 7.45. The number of aromatic nitrogens is 2. The molecule has 0 aliphatic carbocycles. The first kappa shape index (κ1) is 18.7. The summed E-state index contributed by atoms with van der Waals surface area (Å²) < 4.78 is 27.8. The van der Waals surface area contributed by atoms with Gasteiger partial charge in [-0.2, -0.15) is 5.10 Å². The normalized spacial score (nSPS) is 12.9. The molecule has 0 fully saturated rings. The van der Waals surface area contributed by atoms with E-state index in [9.17, 15) is 13.2 Å². The fourth-order valence-corrected chi connectivity index (χ4v) is 2.65. The van der Waals surface area contributed by atoms with Gasteiger partial charge in [-0.1, -0.05) is 18.2 Å². The van der Waals surface area contributed by atoms with E-state index in [1.165, 1.54) is 6.08 Å². The van der Waals surface area contributed by atoms with Crippen LogP contribution in [0, 0.1) is 0 Å². The van der Waals surface area contributed by atoms with Crippen molar-refractivity contribution in [3.8, 4) is 17.0 Å². The summed E-state index contributed by atoms with van der Waals surface area (Å²) >= 11 is 0. The van der Waals surface area contributed by atoms with Crippen LogP contribution in [-0.4, -0.2) is 43.4 Å². The third-order valence-corrected chi connectivity index (χ3v) is 3.91. The fraction of sp³-hybridized carbons (Fsp3) is 0.294. The summed E-state index contributed by atoms with van der Waals surface area (Å²) in [6, 6.07) is 8.62. The molecule has 1 heterocycles. The number of nitrogens with one attached hydrogen (secondary N) is 2. The Kier molecular flexibility index (Phi) is 5.97. The highest BCUT2D eigenvalue weighted by atomic mass is 32.2. The first-order chi connectivity index (χ1) is 11.8. The lowest BCUT2D eigenvalue weighted by Crippen LogP contribution is -2.31. The SMILES string of the molecule is CCOc1ccccc1-c1cc(C(=O)N[C@H](C)/C=C/S(C)(=O)=O)[nH]n1. The predicted octanol–water partition coefficient (Wildman–Crippen LogP) is 2.15. The van der Waals surface area contributed by atoms with E-state index >= 15 is 0 Å². The lowest BCUT2D eigenvalue weighted by molar-refractivity contribution is 0.0942. The minimum Gasteiger partial charge on any atom is -0.493 e. The number of rotatable bonds is 7. The van der Waals surface area contributed by atoms with Crippen LogP contribution in [0.25, 0.3) is 11.3 Å². The number of amides is 1. The van der Waals surface area contributed by atoms with Crippen LogP contribution in [0.15, 0.2) is 41.8 Å². The molecule has 0 aliphatic heterocycles. The molecular weight excluding hydrogens is 342 g/mol. The zero-order valence-corrected chi connectivity index (χ0v) is 15.1. The van der Waals surface area contributed by atoms with E-state index in [1.807, 2.05) is 31.2 Å². The van der Waals surface area contributed by atoms with Crippen molar-refractivity contribution in [2.75, 3.05) is 12.9 Å². The van der Waals surface area contributed by atoms with Crippen LogP contribution >= 0.6 is 0 Å². The van der Waals surface area contributed by atoms with E-state index < -0.39 is 15.9 Å². The summed E-state index contributed by atoms with van der Waals surface area (Å²) in [4.78, 5) is 12.2. The third kappa shape index (κ3) is 5.46. The number of benzene rings is 1. The number of ether oxygens (including phenoxy) is 1. The Morgan fingerprint density at radius 2 is 2.12 bits per heavy atom. The highest BCUT2D eigenvalue weighted by Crippen LogP contribution is 2.28. The molecule has 134 valence electrons. The van der Waals surface area contributed by atoms with Crippen molar-refractivity contribution in [2.45, 2.75) is 19.9 Å². The van der Waals surface area contributed by atoms with Gasteiger partial charge >= 0.3 is 0 Å². The van der Waals surface area contributed by atoms with Crippen molar-refractivity contribution in [2.24, 2.45) is 0 Å². The molecule has 2 rings (SSSR count). The van der Waals surface area contributed by atoms with Crippen LogP contribution in [0.5, 0.6) is 5.75 Å². The van der Waals surface area contributed by atoms with Crippen LogP contribution in [0.2, 0.25) is 0 Å². The van der Waals surface area contributed by atoms with Crippen molar-refractivity contribution < 1.29 is 17.9 Å². The molecule has 0 saturated carbocycles. The summed E-state index contributed by atoms with van der Waals surface area (Å²) in [5, 5.41) is 10.6. The minimum atomic E-state index is -3.23. The quantitative estimate of drug-likeness (QED) is 0.785. The summed E-state index contributed by atoms with van der Waals surface area (Å²) in [6.45, 7) is 4.10. The Hall–Kier alpha value is -2.61. The van der Waals surface area contributed by atoms with E-state index in [2.05, 4.69) is 15.5 Å². The van der Waals surface area contributed by atoms with E-state index in [0.717, 1.165) is 17.2 Å². The molecule has 1 amide bonds. The standard InChI is InChI=1S/C17H21N3O4S/c1-4-24-16-8-6-5-7-13(16)14-11-15(20-19-14)17(21)18-12(2)9-10-25(3,22)23/h5-12H,4H2,1-3H3,(H,18,21)(H,19,20)/b10-9+/t12-/m1/s1. The maximum absolute atomic E-state index is 12.2. The molecule has 1 aromatic heterocycles. The van der Waals surface area contributed by atoms with Crippen molar-refractivity contribution in [1.29, 1.82) is 0 Å². The van der Waals surface area contributed by atoms with Crippen molar-refractivity contribution >= 4 is 15.7 Å². The lowest BCUT2D eigenvalue weighted by atomic mass is 10.1. The number of H-pyrrole nitrogens is 1. The van der Waals surface area contributed by atoms with Gasteiger partial charge in [0.05, 0.1) is 12.3 Å². The van der Waals surface area contributed by atoms with Gasteiger partial charge in [-0.05, 0) is 32.0 Å². The number of carbonyl (C=O) groups excluding carboxylic acids is 1. The molecule has 1 atom stereocenters. The first-order valence-electron chi connectivity index (χ1n) is 7.77. The Balaban J connectivity index is 2.13. The predicted molar refractivity (Wildman–Crippen MR) is 96.1 cm³/mol. The lowest BCUT2D eigenvalue weighted by Gasteiger charge is -2.08. The van der Waals surface area contributed by atoms with Crippen molar-refractivity contribution in [3.05, 3.63) is 47.5 Å². The van der Waals surface area contributed by atoms with Gasteiger partial charge in [0.1, 0.15) is 11.4 Å². The van der Waals surface area contributed by atoms with E-state index in [-0.39, 0.29) is 11.6 Å². The summed E-state index contributed by atoms with van der Waals surface area (Å²) in [5.74, 6) is 0.311. The van der Waals surface area contributed by atoms with Crippen molar-refractivity contribution in [3.63, 3.8) is 0 Å². The Morgan fingerprint density at radius 1 is 1.40 bits per heavy atom. The smallest absolute Gasteiger partial charge is 0.269 e. The fourth-order valence-electron chi connectivity index (χ4n) is 2.13. The van der Waals surface area contributed by atoms with Crippen LogP contribution in [-0.2, 0) is 9.84 Å². The maximum Gasteiger partial charge on any atom is 0.269 e. The zero-order chi connectivity index (χ0) is 18.4. The maximum atomic E-state index is 12.2. The molecule has 0 aliphatic rings. The molecule has 25 heavy (non-hydrogen) atoms. The molecule has 0 spiro atoms. The molecule has 2 N–H and O–H groups in total. The number of sulfone groups is 1. The highest BCUT2D eigenvalue weighted by Gasteiger charge is 2.15.